The normalized spacial score (nSPS) is 11.8. The minimum Gasteiger partial charge on any atom is -0.477 e. The molecule has 2 N–H and O–H groups in total. The highest BCUT2D eigenvalue weighted by molar-refractivity contribution is 6.54. The predicted molar refractivity (Wildman–Crippen MR) is 71.5 cm³/mol. The van der Waals surface area contributed by atoms with E-state index >= 15 is 0 Å². The molecular weight excluding hydrogens is 324 g/mol. The second-order valence-corrected chi connectivity index (χ2v) is 4.61. The quantitative estimate of drug-likeness (QED) is 0.831. The van der Waals surface area contributed by atoms with E-state index in [-0.39, 0.29) is 10.7 Å². The van der Waals surface area contributed by atoms with Gasteiger partial charge < -0.3 is 10.4 Å². The summed E-state index contributed by atoms with van der Waals surface area (Å²) in [5.41, 5.74) is 0.196. The van der Waals surface area contributed by atoms with Crippen molar-refractivity contribution in [1.29, 1.82) is 0 Å². The van der Waals surface area contributed by atoms with Crippen LogP contribution < -0.4 is 5.32 Å². The molecule has 1 rings (SSSR count). The Bertz CT molecular complexity index is 542. The molecule has 8 heteroatoms. The number of nitrogens with one attached hydrogen (secondary N) is 1. The highest BCUT2D eigenvalue weighted by atomic mass is 35.5. The summed E-state index contributed by atoms with van der Waals surface area (Å²) >= 11 is 22.3. The van der Waals surface area contributed by atoms with Gasteiger partial charge in [-0.15, -0.1) is 0 Å². The summed E-state index contributed by atoms with van der Waals surface area (Å²) in [6.45, 7) is 0. The third-order valence-corrected chi connectivity index (χ3v) is 3.13. The number of hydrogen-bond acceptors (Lipinski definition) is 2. The first-order chi connectivity index (χ1) is 8.32. The molecule has 0 aliphatic rings. The highest BCUT2D eigenvalue weighted by Crippen LogP contribution is 2.26. The summed E-state index contributed by atoms with van der Waals surface area (Å²) in [5, 5.41) is 9.99. The van der Waals surface area contributed by atoms with Gasteiger partial charge in [0.25, 0.3) is 5.91 Å². The minimum absolute atomic E-state index is 0.196. The summed E-state index contributed by atoms with van der Waals surface area (Å²) in [6, 6.07) is 4.39. The predicted octanol–water partition coefficient (Wildman–Crippen LogP) is 3.71. The van der Waals surface area contributed by atoms with Gasteiger partial charge in [0.05, 0.1) is 10.7 Å². The van der Waals surface area contributed by atoms with Crippen molar-refractivity contribution in [2.45, 2.75) is 0 Å². The lowest BCUT2D eigenvalue weighted by Gasteiger charge is -2.07. The standard InChI is InChI=1S/C10H5Cl4NO3/c11-4-1-2-5(12)6(3-4)15-9(16)7(13)8(14)10(17)18/h1-3H,(H,15,16)(H,17,18)/b8-7+. The van der Waals surface area contributed by atoms with Crippen molar-refractivity contribution in [3.05, 3.63) is 38.3 Å². The van der Waals surface area contributed by atoms with Crippen molar-refractivity contribution >= 4 is 64.0 Å². The molecule has 0 unspecified atom stereocenters. The molecule has 0 saturated carbocycles. The maximum atomic E-state index is 11.6. The maximum absolute atomic E-state index is 11.6. The Labute approximate surface area is 122 Å². The van der Waals surface area contributed by atoms with Gasteiger partial charge >= 0.3 is 5.97 Å². The van der Waals surface area contributed by atoms with Crippen LogP contribution in [0.4, 0.5) is 5.69 Å². The zero-order valence-electron chi connectivity index (χ0n) is 8.51. The van der Waals surface area contributed by atoms with Crippen LogP contribution in [0.3, 0.4) is 0 Å². The molecule has 0 aliphatic carbocycles. The fourth-order valence-electron chi connectivity index (χ4n) is 0.964. The lowest BCUT2D eigenvalue weighted by Crippen LogP contribution is -2.14. The first-order valence-electron chi connectivity index (χ1n) is 4.38. The van der Waals surface area contributed by atoms with Crippen LogP contribution in [-0.2, 0) is 9.59 Å². The Morgan fingerprint density at radius 3 is 2.28 bits per heavy atom. The molecule has 0 aromatic heterocycles. The van der Waals surface area contributed by atoms with Crippen LogP contribution in [0.1, 0.15) is 0 Å². The molecule has 0 radical (unpaired) electrons. The minimum atomic E-state index is -1.51. The monoisotopic (exact) mass is 327 g/mol. The van der Waals surface area contributed by atoms with Crippen molar-refractivity contribution in [3.8, 4) is 0 Å². The third kappa shape index (κ3) is 3.78. The van der Waals surface area contributed by atoms with Gasteiger partial charge in [0.2, 0.25) is 0 Å². The largest absolute Gasteiger partial charge is 0.477 e. The fraction of sp³-hybridized carbons (Fsp3) is 0. The molecular formula is C10H5Cl4NO3. The topological polar surface area (TPSA) is 66.4 Å². The first-order valence-corrected chi connectivity index (χ1v) is 5.89. The van der Waals surface area contributed by atoms with Crippen molar-refractivity contribution < 1.29 is 14.7 Å². The summed E-state index contributed by atoms with van der Waals surface area (Å²) < 4.78 is 0. The molecule has 96 valence electrons. The fourth-order valence-corrected chi connectivity index (χ4v) is 1.51. The highest BCUT2D eigenvalue weighted by Gasteiger charge is 2.18. The second-order valence-electron chi connectivity index (χ2n) is 3.01. The summed E-state index contributed by atoms with van der Waals surface area (Å²) in [4.78, 5) is 22.1. The van der Waals surface area contributed by atoms with Crippen molar-refractivity contribution in [1.82, 2.24) is 0 Å². The number of carboxylic acids is 1. The van der Waals surface area contributed by atoms with E-state index in [2.05, 4.69) is 5.32 Å². The zero-order valence-corrected chi connectivity index (χ0v) is 11.5. The number of benzene rings is 1. The van der Waals surface area contributed by atoms with E-state index in [0.29, 0.717) is 5.02 Å². The van der Waals surface area contributed by atoms with Gasteiger partial charge in [-0.25, -0.2) is 4.79 Å². The maximum Gasteiger partial charge on any atom is 0.349 e. The summed E-state index contributed by atoms with van der Waals surface area (Å²) in [7, 11) is 0. The molecule has 1 aromatic carbocycles. The van der Waals surface area contributed by atoms with Gasteiger partial charge in [0, 0.05) is 5.02 Å². The third-order valence-electron chi connectivity index (χ3n) is 1.76. The van der Waals surface area contributed by atoms with E-state index in [9.17, 15) is 9.59 Å². The van der Waals surface area contributed by atoms with Crippen LogP contribution in [0.2, 0.25) is 10.0 Å². The molecule has 0 spiro atoms. The molecule has 1 amide bonds. The summed E-state index contributed by atoms with van der Waals surface area (Å²) in [5.74, 6) is -2.40. The van der Waals surface area contributed by atoms with E-state index in [1.54, 1.807) is 0 Å². The SMILES string of the molecule is O=C(O)/C(Cl)=C(\Cl)C(=O)Nc1cc(Cl)ccc1Cl. The number of carbonyl (C=O) groups excluding carboxylic acids is 1. The number of hydrogen-bond donors (Lipinski definition) is 2. The molecule has 0 bridgehead atoms. The Balaban J connectivity index is 2.98. The van der Waals surface area contributed by atoms with Crippen molar-refractivity contribution in [2.75, 3.05) is 5.32 Å². The van der Waals surface area contributed by atoms with Gasteiger partial charge in [-0.3, -0.25) is 4.79 Å². The smallest absolute Gasteiger partial charge is 0.349 e. The van der Waals surface area contributed by atoms with E-state index in [1.165, 1.54) is 18.2 Å². The lowest BCUT2D eigenvalue weighted by molar-refractivity contribution is -0.132. The summed E-state index contributed by atoms with van der Waals surface area (Å²) in [6.07, 6.45) is 0. The van der Waals surface area contributed by atoms with Crippen LogP contribution in [0, 0.1) is 0 Å². The Morgan fingerprint density at radius 2 is 1.72 bits per heavy atom. The van der Waals surface area contributed by atoms with Gasteiger partial charge in [0.15, 0.2) is 0 Å². The second kappa shape index (κ2) is 6.29. The van der Waals surface area contributed by atoms with Gasteiger partial charge in [0.1, 0.15) is 10.1 Å². The lowest BCUT2D eigenvalue weighted by atomic mass is 10.3. The molecule has 0 atom stereocenters. The first kappa shape index (κ1) is 15.1. The number of aliphatic carboxylic acids is 1. The number of carboxylic acid groups (broad SMARTS) is 1. The molecule has 4 nitrogen and oxygen atoms in total. The van der Waals surface area contributed by atoms with Crippen LogP contribution >= 0.6 is 46.4 Å². The average Bonchev–Trinajstić information content (AvgIpc) is 2.31. The van der Waals surface area contributed by atoms with Crippen LogP contribution in [0.15, 0.2) is 28.3 Å². The molecule has 0 saturated heterocycles. The van der Waals surface area contributed by atoms with Gasteiger partial charge in [-0.1, -0.05) is 46.4 Å². The number of halogens is 4. The molecule has 1 aromatic rings. The molecule has 0 heterocycles. The Kier molecular flexibility index (Phi) is 5.28. The van der Waals surface area contributed by atoms with Crippen LogP contribution in [0.5, 0.6) is 0 Å². The molecule has 0 fully saturated rings. The Hall–Kier alpha value is -0.940. The average molecular weight is 329 g/mol. The van der Waals surface area contributed by atoms with E-state index in [4.69, 9.17) is 51.5 Å². The number of amides is 1. The van der Waals surface area contributed by atoms with Gasteiger partial charge in [-0.05, 0) is 18.2 Å². The van der Waals surface area contributed by atoms with Crippen molar-refractivity contribution in [2.24, 2.45) is 0 Å². The van der Waals surface area contributed by atoms with E-state index < -0.39 is 21.9 Å². The van der Waals surface area contributed by atoms with Crippen LogP contribution in [0.25, 0.3) is 0 Å². The zero-order chi connectivity index (χ0) is 13.9. The van der Waals surface area contributed by atoms with E-state index in [1.807, 2.05) is 0 Å². The van der Waals surface area contributed by atoms with Crippen molar-refractivity contribution in [3.63, 3.8) is 0 Å². The Morgan fingerprint density at radius 1 is 1.11 bits per heavy atom. The number of carbonyl (C=O) groups is 2. The number of anilines is 1. The molecule has 0 aliphatic heterocycles. The number of rotatable bonds is 3. The van der Waals surface area contributed by atoms with Crippen LogP contribution in [-0.4, -0.2) is 17.0 Å². The molecule has 18 heavy (non-hydrogen) atoms. The van der Waals surface area contributed by atoms with E-state index in [0.717, 1.165) is 0 Å². The van der Waals surface area contributed by atoms with Gasteiger partial charge in [-0.2, -0.15) is 0 Å².